The predicted molar refractivity (Wildman–Crippen MR) is 179 cm³/mol. The minimum Gasteiger partial charge on any atom is -0.483 e. The first-order valence-electron chi connectivity index (χ1n) is 14.9. The molecule has 1 aromatic heterocycles. The molecule has 0 saturated carbocycles. The molecule has 2 aromatic carbocycles. The number of nitrogens with two attached hydrogens (primary N) is 1. The third-order valence-electron chi connectivity index (χ3n) is 8.27. The van der Waals surface area contributed by atoms with Crippen molar-refractivity contribution in [1.82, 2.24) is 10.2 Å². The van der Waals surface area contributed by atoms with Gasteiger partial charge in [0.2, 0.25) is 15.8 Å². The van der Waals surface area contributed by atoms with Crippen LogP contribution in [-0.4, -0.2) is 51.1 Å². The highest BCUT2D eigenvalue weighted by atomic mass is 32.2. The lowest BCUT2D eigenvalue weighted by atomic mass is 9.85. The van der Waals surface area contributed by atoms with E-state index in [1.165, 1.54) is 0 Å². The Hall–Kier alpha value is -4.16. The molecule has 0 fully saturated rings. The van der Waals surface area contributed by atoms with Crippen LogP contribution in [0.4, 0.5) is 22.0 Å². The highest BCUT2D eigenvalue weighted by Crippen LogP contribution is 2.39. The van der Waals surface area contributed by atoms with Gasteiger partial charge in [-0.25, -0.2) is 17.8 Å². The van der Waals surface area contributed by atoms with E-state index in [0.717, 1.165) is 22.9 Å². The third kappa shape index (κ3) is 8.12. The van der Waals surface area contributed by atoms with Gasteiger partial charge in [0.1, 0.15) is 17.8 Å². The SMILES string of the molecule is CN(C)C(C)(C)C(=N)[n+]1cc(O[C@@H]2CC[C@H](NC(=O)Nc3cc(NS(C)(=O)=O)cc(C(C)(C)C)c3)c3ccccc32)ccc1N. The summed E-state index contributed by atoms with van der Waals surface area (Å²) in [7, 11) is 0.347. The van der Waals surface area contributed by atoms with E-state index in [1.54, 1.807) is 35.0 Å². The summed E-state index contributed by atoms with van der Waals surface area (Å²) in [6, 6.07) is 16.0. The smallest absolute Gasteiger partial charge is 0.319 e. The monoisotopic (exact) mass is 636 g/mol. The number of nitrogens with zero attached hydrogens (tertiary/aromatic N) is 2. The molecule has 12 heteroatoms. The van der Waals surface area contributed by atoms with Gasteiger partial charge in [0.15, 0.2) is 5.75 Å². The van der Waals surface area contributed by atoms with Crippen molar-refractivity contribution in [2.24, 2.45) is 0 Å². The number of ether oxygens (including phenoxy) is 1. The number of hydrogen-bond donors (Lipinski definition) is 5. The first-order valence-corrected chi connectivity index (χ1v) is 16.8. The topological polar surface area (TPSA) is 154 Å². The van der Waals surface area contributed by atoms with E-state index < -0.39 is 21.6 Å². The van der Waals surface area contributed by atoms with Crippen LogP contribution in [0.15, 0.2) is 60.8 Å². The Labute approximate surface area is 266 Å². The van der Waals surface area contributed by atoms with Crippen LogP contribution in [0.3, 0.4) is 0 Å². The number of carbonyl (C=O) groups excluding carboxylic acids is 1. The summed E-state index contributed by atoms with van der Waals surface area (Å²) >= 11 is 0. The van der Waals surface area contributed by atoms with Crippen molar-refractivity contribution >= 4 is 39.1 Å². The van der Waals surface area contributed by atoms with Gasteiger partial charge in [-0.05, 0) is 87.2 Å². The van der Waals surface area contributed by atoms with Gasteiger partial charge in [0.25, 0.3) is 5.84 Å². The molecule has 11 nitrogen and oxygen atoms in total. The van der Waals surface area contributed by atoms with E-state index in [2.05, 4.69) is 15.4 Å². The van der Waals surface area contributed by atoms with Crippen molar-refractivity contribution in [3.63, 3.8) is 0 Å². The van der Waals surface area contributed by atoms with Crippen molar-refractivity contribution in [3.05, 3.63) is 77.5 Å². The molecule has 1 heterocycles. The molecule has 0 saturated heterocycles. The van der Waals surface area contributed by atoms with E-state index in [-0.39, 0.29) is 17.6 Å². The number of benzene rings is 2. The lowest BCUT2D eigenvalue weighted by Crippen LogP contribution is -2.60. The molecule has 45 heavy (non-hydrogen) atoms. The van der Waals surface area contributed by atoms with Crippen LogP contribution in [-0.2, 0) is 15.4 Å². The van der Waals surface area contributed by atoms with Crippen molar-refractivity contribution in [2.75, 3.05) is 36.1 Å². The van der Waals surface area contributed by atoms with Gasteiger partial charge in [-0.3, -0.25) is 9.62 Å². The van der Waals surface area contributed by atoms with Crippen LogP contribution in [0.1, 0.15) is 76.3 Å². The summed E-state index contributed by atoms with van der Waals surface area (Å²) in [5, 5.41) is 14.8. The summed E-state index contributed by atoms with van der Waals surface area (Å²) in [4.78, 5) is 15.2. The van der Waals surface area contributed by atoms with Gasteiger partial charge in [0, 0.05) is 11.8 Å². The number of hydrogen-bond acceptors (Lipinski definition) is 7. The second-order valence-electron chi connectivity index (χ2n) is 13.3. The van der Waals surface area contributed by atoms with E-state index >= 15 is 0 Å². The minimum absolute atomic E-state index is 0.258. The average molecular weight is 637 g/mol. The quantitative estimate of drug-likeness (QED) is 0.131. The molecular weight excluding hydrogens is 590 g/mol. The molecule has 0 aliphatic heterocycles. The zero-order valence-electron chi connectivity index (χ0n) is 27.4. The van der Waals surface area contributed by atoms with Gasteiger partial charge >= 0.3 is 6.03 Å². The molecular formula is C33H46N7O4S+. The minimum atomic E-state index is -3.50. The van der Waals surface area contributed by atoms with Crippen molar-refractivity contribution in [1.29, 1.82) is 5.41 Å². The number of carbonyl (C=O) groups is 1. The van der Waals surface area contributed by atoms with Crippen molar-refractivity contribution < 1.29 is 22.5 Å². The highest BCUT2D eigenvalue weighted by molar-refractivity contribution is 7.92. The zero-order chi connectivity index (χ0) is 33.3. The van der Waals surface area contributed by atoms with Crippen LogP contribution in [0.25, 0.3) is 0 Å². The first kappa shape index (κ1) is 33.7. The molecule has 2 atom stereocenters. The number of rotatable bonds is 8. The number of fused-ring (bicyclic) bond motifs is 1. The maximum absolute atomic E-state index is 13.3. The Morgan fingerprint density at radius 2 is 1.64 bits per heavy atom. The maximum Gasteiger partial charge on any atom is 0.319 e. The molecule has 0 unspecified atom stereocenters. The fourth-order valence-corrected chi connectivity index (χ4v) is 5.73. The molecule has 1 aliphatic rings. The summed E-state index contributed by atoms with van der Waals surface area (Å²) in [6.07, 6.45) is 3.87. The predicted octanol–water partition coefficient (Wildman–Crippen LogP) is 5.17. The Morgan fingerprint density at radius 3 is 2.27 bits per heavy atom. The molecule has 6 N–H and O–H groups in total. The van der Waals surface area contributed by atoms with Gasteiger partial charge in [-0.15, -0.1) is 0 Å². The van der Waals surface area contributed by atoms with E-state index in [9.17, 15) is 13.2 Å². The Bertz CT molecular complexity index is 1700. The largest absolute Gasteiger partial charge is 0.483 e. The first-order chi connectivity index (χ1) is 20.8. The van der Waals surface area contributed by atoms with Crippen molar-refractivity contribution in [2.45, 2.75) is 70.6 Å². The molecule has 4 rings (SSSR count). The average Bonchev–Trinajstić information content (AvgIpc) is 2.93. The standard InChI is InChI=1S/C33H45N7O4S/c1-32(2,3)21-17-22(19-23(18-21)38-45(8,42)43)36-31(41)37-27-14-15-28(26-12-10-9-11-25(26)27)44-24-13-16-29(34)40(20-24)30(35)33(4,5)39(6)7/h9-13,16-20,27-28,34-35,38H,14-15H2,1-8H3,(H2,36,37,41)/p+1/t27-,28+/m0/s1. The molecule has 0 radical (unpaired) electrons. The van der Waals surface area contributed by atoms with E-state index in [1.807, 2.05) is 83.9 Å². The van der Waals surface area contributed by atoms with Gasteiger partial charge in [0.05, 0.1) is 18.0 Å². The lowest BCUT2D eigenvalue weighted by molar-refractivity contribution is -0.547. The number of aromatic nitrogens is 1. The van der Waals surface area contributed by atoms with Crippen LogP contribution in [0.5, 0.6) is 5.75 Å². The van der Waals surface area contributed by atoms with Crippen LogP contribution < -0.4 is 30.4 Å². The Balaban J connectivity index is 1.53. The number of nitrogen functional groups attached to an aromatic ring is 1. The normalized spacial score (nSPS) is 16.9. The van der Waals surface area contributed by atoms with Crippen LogP contribution in [0.2, 0.25) is 0 Å². The molecule has 0 bridgehead atoms. The van der Waals surface area contributed by atoms with E-state index in [4.69, 9.17) is 15.9 Å². The second-order valence-corrected chi connectivity index (χ2v) is 15.1. The number of pyridine rings is 1. The number of nitrogens with one attached hydrogen (secondary N) is 4. The number of amides is 2. The highest BCUT2D eigenvalue weighted by Gasteiger charge is 2.34. The zero-order valence-corrected chi connectivity index (χ0v) is 28.2. The molecule has 242 valence electrons. The molecule has 1 aliphatic carbocycles. The summed E-state index contributed by atoms with van der Waals surface area (Å²) in [6.45, 7) is 9.98. The van der Waals surface area contributed by atoms with E-state index in [0.29, 0.717) is 41.6 Å². The number of anilines is 3. The van der Waals surface area contributed by atoms with Crippen molar-refractivity contribution in [3.8, 4) is 5.75 Å². The van der Waals surface area contributed by atoms with Gasteiger partial charge in [-0.1, -0.05) is 45.0 Å². The summed E-state index contributed by atoms with van der Waals surface area (Å²) in [5.41, 5.74) is 9.08. The fraction of sp³-hybridized carbons (Fsp3) is 0.424. The Morgan fingerprint density at radius 1 is 1.00 bits per heavy atom. The lowest BCUT2D eigenvalue weighted by Gasteiger charge is -2.33. The maximum atomic E-state index is 13.3. The summed E-state index contributed by atoms with van der Waals surface area (Å²) in [5.74, 6) is 1.35. The second kappa shape index (κ2) is 12.7. The molecule has 3 aromatic rings. The fourth-order valence-electron chi connectivity index (χ4n) is 5.18. The number of sulfonamides is 1. The molecule has 0 spiro atoms. The van der Waals surface area contributed by atoms with Crippen LogP contribution >= 0.6 is 0 Å². The van der Waals surface area contributed by atoms with Gasteiger partial charge in [-0.2, -0.15) is 5.41 Å². The van der Waals surface area contributed by atoms with Crippen LogP contribution in [0, 0.1) is 5.41 Å². The Kier molecular flexibility index (Phi) is 9.51. The number of likely N-dealkylation sites (N-methyl/N-ethyl adjacent to an activating group) is 1. The summed E-state index contributed by atoms with van der Waals surface area (Å²) < 4.78 is 34.4. The third-order valence-corrected chi connectivity index (χ3v) is 8.88. The molecule has 2 amide bonds. The number of urea groups is 1. The van der Waals surface area contributed by atoms with Gasteiger partial charge < -0.3 is 21.1 Å².